The Hall–Kier alpha value is -1.38. The Morgan fingerprint density at radius 2 is 1.67 bits per heavy atom. The molecule has 0 spiro atoms. The summed E-state index contributed by atoms with van der Waals surface area (Å²) in [6, 6.07) is 6.75. The van der Waals surface area contributed by atoms with Gasteiger partial charge in [-0.05, 0) is 18.4 Å². The normalized spacial score (nSPS) is 10.5. The van der Waals surface area contributed by atoms with Gasteiger partial charge in [0.1, 0.15) is 0 Å². The summed E-state index contributed by atoms with van der Waals surface area (Å²) in [5.41, 5.74) is 1.24. The molecule has 0 saturated heterocycles. The van der Waals surface area contributed by atoms with Crippen molar-refractivity contribution < 1.29 is 4.92 Å². The van der Waals surface area contributed by atoms with E-state index in [1.54, 1.807) is 12.1 Å². The van der Waals surface area contributed by atoms with Gasteiger partial charge in [0, 0.05) is 12.1 Å². The number of hydrogen-bond acceptors (Lipinski definition) is 2. The van der Waals surface area contributed by atoms with Crippen molar-refractivity contribution in [2.45, 2.75) is 51.9 Å². The first-order valence-corrected chi connectivity index (χ1v) is 6.81. The van der Waals surface area contributed by atoms with Crippen molar-refractivity contribution >= 4 is 5.69 Å². The first kappa shape index (κ1) is 14.7. The first-order chi connectivity index (χ1) is 8.74. The van der Waals surface area contributed by atoms with E-state index in [1.807, 2.05) is 12.1 Å². The Balaban J connectivity index is 2.14. The Labute approximate surface area is 109 Å². The molecule has 0 aliphatic rings. The molecule has 0 saturated carbocycles. The largest absolute Gasteiger partial charge is 0.269 e. The van der Waals surface area contributed by atoms with Crippen molar-refractivity contribution in [1.82, 2.24) is 0 Å². The third-order valence-electron chi connectivity index (χ3n) is 3.04. The van der Waals surface area contributed by atoms with E-state index >= 15 is 0 Å². The highest BCUT2D eigenvalue weighted by Gasteiger charge is 2.03. The maximum absolute atomic E-state index is 10.5. The monoisotopic (exact) mass is 248 g/mol. The highest BCUT2D eigenvalue weighted by atomic mass is 16.6. The molecule has 0 unspecified atom stereocenters. The van der Waals surface area contributed by atoms with Crippen LogP contribution in [0.1, 0.15) is 57.4 Å². The molecule has 3 heteroatoms. The molecule has 0 aliphatic carbocycles. The van der Waals surface area contributed by atoms with E-state index in [-0.39, 0.29) is 10.6 Å². The SMILES string of the molecule is CCCCCCCC[CH]c1ccc([N+](=O)[O-])cc1. The summed E-state index contributed by atoms with van der Waals surface area (Å²) in [5.74, 6) is 0. The molecule has 0 aromatic heterocycles. The summed E-state index contributed by atoms with van der Waals surface area (Å²) in [4.78, 5) is 10.1. The second-order valence-electron chi connectivity index (χ2n) is 4.61. The van der Waals surface area contributed by atoms with E-state index in [9.17, 15) is 10.1 Å². The molecule has 0 aliphatic heterocycles. The number of nitro benzene ring substituents is 1. The Morgan fingerprint density at radius 3 is 2.28 bits per heavy atom. The molecule has 18 heavy (non-hydrogen) atoms. The zero-order valence-corrected chi connectivity index (χ0v) is 11.1. The number of nitrogens with zero attached hydrogens (tertiary/aromatic N) is 1. The van der Waals surface area contributed by atoms with Crippen molar-refractivity contribution in [3.63, 3.8) is 0 Å². The molecule has 3 nitrogen and oxygen atoms in total. The number of unbranched alkanes of at least 4 members (excludes halogenated alkanes) is 6. The maximum Gasteiger partial charge on any atom is 0.269 e. The minimum atomic E-state index is -0.364. The van der Waals surface area contributed by atoms with E-state index < -0.39 is 0 Å². The fourth-order valence-corrected chi connectivity index (χ4v) is 1.93. The van der Waals surface area contributed by atoms with Crippen molar-refractivity contribution in [1.29, 1.82) is 0 Å². The van der Waals surface area contributed by atoms with Gasteiger partial charge < -0.3 is 0 Å². The van der Waals surface area contributed by atoms with Gasteiger partial charge in [0.15, 0.2) is 0 Å². The highest BCUT2D eigenvalue weighted by Crippen LogP contribution is 2.16. The summed E-state index contributed by atoms with van der Waals surface area (Å²) >= 11 is 0. The fourth-order valence-electron chi connectivity index (χ4n) is 1.93. The predicted molar refractivity (Wildman–Crippen MR) is 74.5 cm³/mol. The van der Waals surface area contributed by atoms with Gasteiger partial charge in [-0.15, -0.1) is 0 Å². The number of benzene rings is 1. The topological polar surface area (TPSA) is 43.1 Å². The Morgan fingerprint density at radius 1 is 1.06 bits per heavy atom. The fraction of sp³-hybridized carbons (Fsp3) is 0.533. The van der Waals surface area contributed by atoms with Gasteiger partial charge in [0.2, 0.25) is 0 Å². The zero-order valence-electron chi connectivity index (χ0n) is 11.1. The second kappa shape index (κ2) is 8.67. The summed E-state index contributed by atoms with van der Waals surface area (Å²) in [6.07, 6.45) is 11.0. The molecular weight excluding hydrogens is 226 g/mol. The Kier molecular flexibility index (Phi) is 7.07. The van der Waals surface area contributed by atoms with Crippen LogP contribution in [0.2, 0.25) is 0 Å². The van der Waals surface area contributed by atoms with Crippen LogP contribution >= 0.6 is 0 Å². The lowest BCUT2D eigenvalue weighted by Gasteiger charge is -2.01. The molecule has 0 N–H and O–H groups in total. The Bertz CT molecular complexity index is 346. The summed E-state index contributed by atoms with van der Waals surface area (Å²) in [5, 5.41) is 10.5. The van der Waals surface area contributed by atoms with Gasteiger partial charge in [-0.1, -0.05) is 57.6 Å². The molecule has 1 aromatic rings. The van der Waals surface area contributed by atoms with E-state index in [1.165, 1.54) is 38.5 Å². The second-order valence-corrected chi connectivity index (χ2v) is 4.61. The molecule has 0 bridgehead atoms. The maximum atomic E-state index is 10.5. The summed E-state index contributed by atoms with van der Waals surface area (Å²) < 4.78 is 0. The first-order valence-electron chi connectivity index (χ1n) is 6.81. The van der Waals surface area contributed by atoms with Crippen molar-refractivity contribution in [3.8, 4) is 0 Å². The van der Waals surface area contributed by atoms with Crippen LogP contribution in [-0.4, -0.2) is 4.92 Å². The van der Waals surface area contributed by atoms with Crippen LogP contribution in [0.15, 0.2) is 24.3 Å². The highest BCUT2D eigenvalue weighted by molar-refractivity contribution is 5.35. The molecule has 0 heterocycles. The molecule has 0 fully saturated rings. The van der Waals surface area contributed by atoms with Crippen LogP contribution in [0.25, 0.3) is 0 Å². The van der Waals surface area contributed by atoms with Crippen molar-refractivity contribution in [3.05, 3.63) is 46.4 Å². The number of hydrogen-bond donors (Lipinski definition) is 0. The standard InChI is InChI=1S/C15H22NO2/c1-2-3-4-5-6-7-8-9-14-10-12-15(13-11-14)16(17)18/h9-13H,2-8H2,1H3. The van der Waals surface area contributed by atoms with Crippen LogP contribution in [-0.2, 0) is 0 Å². The predicted octanol–water partition coefficient (Wildman–Crippen LogP) is 4.90. The number of non-ortho nitro benzene ring substituents is 1. The number of nitro groups is 1. The summed E-state index contributed by atoms with van der Waals surface area (Å²) in [6.45, 7) is 2.22. The molecule has 0 amide bonds. The van der Waals surface area contributed by atoms with Crippen LogP contribution in [0.4, 0.5) is 5.69 Å². The summed E-state index contributed by atoms with van der Waals surface area (Å²) in [7, 11) is 0. The minimum Gasteiger partial charge on any atom is -0.258 e. The van der Waals surface area contributed by atoms with Crippen LogP contribution < -0.4 is 0 Å². The average molecular weight is 248 g/mol. The molecule has 1 aromatic carbocycles. The minimum absolute atomic E-state index is 0.159. The molecule has 1 radical (unpaired) electrons. The molecule has 1 rings (SSSR count). The quantitative estimate of drug-likeness (QED) is 0.354. The van der Waals surface area contributed by atoms with Crippen LogP contribution in [0, 0.1) is 16.5 Å². The van der Waals surface area contributed by atoms with Gasteiger partial charge >= 0.3 is 0 Å². The van der Waals surface area contributed by atoms with Gasteiger partial charge in [-0.2, -0.15) is 0 Å². The lowest BCUT2D eigenvalue weighted by Crippen LogP contribution is -1.88. The molecule has 99 valence electrons. The number of rotatable bonds is 9. The van der Waals surface area contributed by atoms with Crippen LogP contribution in [0.5, 0.6) is 0 Å². The van der Waals surface area contributed by atoms with E-state index in [2.05, 4.69) is 13.3 Å². The average Bonchev–Trinajstić information content (AvgIpc) is 2.38. The molecule has 0 atom stereocenters. The van der Waals surface area contributed by atoms with E-state index in [4.69, 9.17) is 0 Å². The third-order valence-corrected chi connectivity index (χ3v) is 3.04. The van der Waals surface area contributed by atoms with Crippen LogP contribution in [0.3, 0.4) is 0 Å². The molecular formula is C15H22NO2. The van der Waals surface area contributed by atoms with Crippen molar-refractivity contribution in [2.75, 3.05) is 0 Å². The zero-order chi connectivity index (χ0) is 13.2. The lowest BCUT2D eigenvalue weighted by atomic mass is 10.0. The van der Waals surface area contributed by atoms with Crippen molar-refractivity contribution in [2.24, 2.45) is 0 Å². The van der Waals surface area contributed by atoms with Gasteiger partial charge in [-0.25, -0.2) is 0 Å². The van der Waals surface area contributed by atoms with Gasteiger partial charge in [-0.3, -0.25) is 10.1 Å². The van der Waals surface area contributed by atoms with Gasteiger partial charge in [0.25, 0.3) is 5.69 Å². The van der Waals surface area contributed by atoms with E-state index in [0.717, 1.165) is 12.0 Å². The lowest BCUT2D eigenvalue weighted by molar-refractivity contribution is -0.384. The van der Waals surface area contributed by atoms with Gasteiger partial charge in [0.05, 0.1) is 4.92 Å². The van der Waals surface area contributed by atoms with E-state index in [0.29, 0.717) is 0 Å². The third kappa shape index (κ3) is 5.80. The smallest absolute Gasteiger partial charge is 0.258 e.